The Labute approximate surface area is 124 Å². The lowest BCUT2D eigenvalue weighted by Gasteiger charge is -2.42. The molecule has 0 bridgehead atoms. The second-order valence-electron chi connectivity index (χ2n) is 5.50. The third-order valence-electron chi connectivity index (χ3n) is 3.44. The Hall–Kier alpha value is -0.320. The number of morpholine rings is 1. The van der Waals surface area contributed by atoms with Crippen molar-refractivity contribution in [2.24, 2.45) is 5.73 Å². The molecule has 0 spiro atoms. The van der Waals surface area contributed by atoms with E-state index >= 15 is 0 Å². The van der Waals surface area contributed by atoms with Gasteiger partial charge in [-0.25, -0.2) is 0 Å². The molecule has 1 aromatic rings. The maximum absolute atomic E-state index is 6.29. The molecule has 1 fully saturated rings. The van der Waals surface area contributed by atoms with Gasteiger partial charge in [0.15, 0.2) is 0 Å². The van der Waals surface area contributed by atoms with Crippen LogP contribution in [0.3, 0.4) is 0 Å². The number of hydrogen-bond donors (Lipinski definition) is 1. The molecular weight excluding hydrogens is 283 g/mol. The van der Waals surface area contributed by atoms with Gasteiger partial charge in [0.05, 0.1) is 12.2 Å². The van der Waals surface area contributed by atoms with Gasteiger partial charge in [-0.3, -0.25) is 4.90 Å². The van der Waals surface area contributed by atoms with Crippen LogP contribution < -0.4 is 5.73 Å². The van der Waals surface area contributed by atoms with Crippen LogP contribution in [0.2, 0.25) is 10.0 Å². The van der Waals surface area contributed by atoms with E-state index in [1.807, 2.05) is 12.1 Å². The number of halogens is 2. The number of benzene rings is 1. The summed E-state index contributed by atoms with van der Waals surface area (Å²) < 4.78 is 5.74. The van der Waals surface area contributed by atoms with Crippen molar-refractivity contribution in [2.75, 3.05) is 26.2 Å². The highest BCUT2D eigenvalue weighted by molar-refractivity contribution is 6.33. The van der Waals surface area contributed by atoms with Crippen molar-refractivity contribution in [3.8, 4) is 0 Å². The van der Waals surface area contributed by atoms with Crippen LogP contribution in [-0.2, 0) is 4.74 Å². The molecule has 1 heterocycles. The van der Waals surface area contributed by atoms with E-state index in [1.165, 1.54) is 0 Å². The van der Waals surface area contributed by atoms with E-state index in [0.29, 0.717) is 23.2 Å². The number of nitrogens with zero attached hydrogens (tertiary/aromatic N) is 1. The van der Waals surface area contributed by atoms with E-state index in [2.05, 4.69) is 18.7 Å². The molecule has 106 valence electrons. The first kappa shape index (κ1) is 15.1. The van der Waals surface area contributed by atoms with Crippen molar-refractivity contribution in [1.29, 1.82) is 0 Å². The minimum Gasteiger partial charge on any atom is -0.373 e. The summed E-state index contributed by atoms with van der Waals surface area (Å²) >= 11 is 12.4. The minimum atomic E-state index is -0.156. The Balaban J connectivity index is 2.26. The molecule has 0 radical (unpaired) electrons. The van der Waals surface area contributed by atoms with Gasteiger partial charge in [-0.05, 0) is 37.6 Å². The van der Waals surface area contributed by atoms with Crippen LogP contribution in [0.25, 0.3) is 0 Å². The molecule has 2 N–H and O–H groups in total. The van der Waals surface area contributed by atoms with Gasteiger partial charge in [-0.1, -0.05) is 23.2 Å². The molecular formula is C14H20Cl2N2O. The summed E-state index contributed by atoms with van der Waals surface area (Å²) in [5.41, 5.74) is 6.80. The van der Waals surface area contributed by atoms with Crippen molar-refractivity contribution in [1.82, 2.24) is 4.90 Å². The highest BCUT2D eigenvalue weighted by Crippen LogP contribution is 2.32. The third-order valence-corrected chi connectivity index (χ3v) is 4.02. The highest BCUT2D eigenvalue weighted by Gasteiger charge is 2.32. The molecule has 1 unspecified atom stereocenters. The number of nitrogens with two attached hydrogens (primary N) is 1. The Kier molecular flexibility index (Phi) is 4.75. The highest BCUT2D eigenvalue weighted by atomic mass is 35.5. The summed E-state index contributed by atoms with van der Waals surface area (Å²) in [7, 11) is 0. The lowest BCUT2D eigenvalue weighted by molar-refractivity contribution is -0.0967. The van der Waals surface area contributed by atoms with Crippen LogP contribution in [0.1, 0.15) is 25.5 Å². The second-order valence-corrected chi connectivity index (χ2v) is 6.34. The summed E-state index contributed by atoms with van der Waals surface area (Å²) in [6, 6.07) is 5.61. The first-order chi connectivity index (χ1) is 8.93. The van der Waals surface area contributed by atoms with Gasteiger partial charge >= 0.3 is 0 Å². The average Bonchev–Trinajstić information content (AvgIpc) is 2.33. The normalized spacial score (nSPS) is 21.3. The molecule has 2 rings (SSSR count). The maximum Gasteiger partial charge on any atom is 0.0753 e. The molecule has 0 aliphatic carbocycles. The van der Waals surface area contributed by atoms with E-state index in [9.17, 15) is 0 Å². The largest absolute Gasteiger partial charge is 0.373 e. The van der Waals surface area contributed by atoms with Gasteiger partial charge in [0.2, 0.25) is 0 Å². The van der Waals surface area contributed by atoms with Crippen LogP contribution >= 0.6 is 23.2 Å². The molecule has 0 saturated carbocycles. The lowest BCUT2D eigenvalue weighted by atomic mass is 10.0. The van der Waals surface area contributed by atoms with Crippen molar-refractivity contribution in [3.05, 3.63) is 33.8 Å². The standard InChI is InChI=1S/C14H20Cl2N2O/c1-14(2)9-18(5-6-19-14)13(8-17)11-7-10(15)3-4-12(11)16/h3-4,7,13H,5-6,8-9,17H2,1-2H3. The van der Waals surface area contributed by atoms with Crippen LogP contribution in [0.5, 0.6) is 0 Å². The zero-order chi connectivity index (χ0) is 14.0. The quantitative estimate of drug-likeness (QED) is 0.932. The topological polar surface area (TPSA) is 38.5 Å². The summed E-state index contributed by atoms with van der Waals surface area (Å²) in [5, 5.41) is 1.40. The van der Waals surface area contributed by atoms with Gasteiger partial charge < -0.3 is 10.5 Å². The summed E-state index contributed by atoms with van der Waals surface area (Å²) in [6.07, 6.45) is 0. The van der Waals surface area contributed by atoms with Gasteiger partial charge in [-0.2, -0.15) is 0 Å². The SMILES string of the molecule is CC1(C)CN(C(CN)c2cc(Cl)ccc2Cl)CCO1. The molecule has 1 atom stereocenters. The molecule has 0 amide bonds. The van der Waals surface area contributed by atoms with Gasteiger partial charge in [0, 0.05) is 35.7 Å². The van der Waals surface area contributed by atoms with Crippen molar-refractivity contribution < 1.29 is 4.74 Å². The summed E-state index contributed by atoms with van der Waals surface area (Å²) in [6.45, 7) is 7.09. The fourth-order valence-electron chi connectivity index (χ4n) is 2.56. The Morgan fingerprint density at radius 2 is 2.16 bits per heavy atom. The van der Waals surface area contributed by atoms with Crippen LogP contribution in [0, 0.1) is 0 Å². The van der Waals surface area contributed by atoms with Crippen LogP contribution in [0.15, 0.2) is 18.2 Å². The van der Waals surface area contributed by atoms with E-state index < -0.39 is 0 Å². The summed E-state index contributed by atoms with van der Waals surface area (Å²) in [4.78, 5) is 2.32. The van der Waals surface area contributed by atoms with Gasteiger partial charge in [-0.15, -0.1) is 0 Å². The number of rotatable bonds is 3. The monoisotopic (exact) mass is 302 g/mol. The van der Waals surface area contributed by atoms with Gasteiger partial charge in [0.1, 0.15) is 0 Å². The minimum absolute atomic E-state index is 0.0781. The summed E-state index contributed by atoms with van der Waals surface area (Å²) in [5.74, 6) is 0. The molecule has 1 aliphatic heterocycles. The third kappa shape index (κ3) is 3.61. The molecule has 1 aromatic carbocycles. The molecule has 1 saturated heterocycles. The Morgan fingerprint density at radius 1 is 1.42 bits per heavy atom. The van der Waals surface area contributed by atoms with Crippen LogP contribution in [0.4, 0.5) is 0 Å². The first-order valence-electron chi connectivity index (χ1n) is 6.46. The molecule has 3 nitrogen and oxygen atoms in total. The van der Waals surface area contributed by atoms with E-state index in [-0.39, 0.29) is 11.6 Å². The smallest absolute Gasteiger partial charge is 0.0753 e. The fraction of sp³-hybridized carbons (Fsp3) is 0.571. The zero-order valence-electron chi connectivity index (χ0n) is 11.3. The molecule has 0 aromatic heterocycles. The van der Waals surface area contributed by atoms with Gasteiger partial charge in [0.25, 0.3) is 0 Å². The molecule has 1 aliphatic rings. The van der Waals surface area contributed by atoms with E-state index in [4.69, 9.17) is 33.7 Å². The van der Waals surface area contributed by atoms with Crippen molar-refractivity contribution in [2.45, 2.75) is 25.5 Å². The van der Waals surface area contributed by atoms with Crippen LogP contribution in [-0.4, -0.2) is 36.7 Å². The Bertz CT molecular complexity index is 451. The maximum atomic E-state index is 6.29. The number of ether oxygens (including phenoxy) is 1. The molecule has 19 heavy (non-hydrogen) atoms. The second kappa shape index (κ2) is 5.98. The predicted molar refractivity (Wildman–Crippen MR) is 79.9 cm³/mol. The number of hydrogen-bond acceptors (Lipinski definition) is 3. The van der Waals surface area contributed by atoms with Crippen molar-refractivity contribution in [3.63, 3.8) is 0 Å². The first-order valence-corrected chi connectivity index (χ1v) is 7.21. The molecule has 5 heteroatoms. The average molecular weight is 303 g/mol. The van der Waals surface area contributed by atoms with Crippen molar-refractivity contribution >= 4 is 23.2 Å². The van der Waals surface area contributed by atoms with E-state index in [0.717, 1.165) is 18.7 Å². The Morgan fingerprint density at radius 3 is 2.79 bits per heavy atom. The zero-order valence-corrected chi connectivity index (χ0v) is 12.8. The predicted octanol–water partition coefficient (Wildman–Crippen LogP) is 3.10. The fourth-order valence-corrected chi connectivity index (χ4v) is 2.99. The lowest BCUT2D eigenvalue weighted by Crippen LogP contribution is -2.50. The van der Waals surface area contributed by atoms with E-state index in [1.54, 1.807) is 6.07 Å².